The highest BCUT2D eigenvalue weighted by Crippen LogP contribution is 2.30. The second-order valence-electron chi connectivity index (χ2n) is 4.26. The van der Waals surface area contributed by atoms with Crippen LogP contribution >= 0.6 is 0 Å². The zero-order valence-electron chi connectivity index (χ0n) is 8.70. The van der Waals surface area contributed by atoms with Crippen molar-refractivity contribution in [3.05, 3.63) is 35.4 Å². The smallest absolute Gasteiger partial charge is 0.143 e. The van der Waals surface area contributed by atoms with Crippen molar-refractivity contribution in [2.75, 3.05) is 6.61 Å². The maximum absolute atomic E-state index is 5.71. The van der Waals surface area contributed by atoms with E-state index in [0.29, 0.717) is 5.92 Å². The number of fused-ring (bicyclic) bond motifs is 1. The van der Waals surface area contributed by atoms with Gasteiger partial charge in [-0.05, 0) is 30.4 Å². The quantitative estimate of drug-likeness (QED) is 0.582. The van der Waals surface area contributed by atoms with E-state index in [4.69, 9.17) is 4.74 Å². The van der Waals surface area contributed by atoms with Crippen LogP contribution in [0.3, 0.4) is 0 Å². The summed E-state index contributed by atoms with van der Waals surface area (Å²) in [7, 11) is 0. The van der Waals surface area contributed by atoms with Crippen LogP contribution in [0.2, 0.25) is 0 Å². The maximum atomic E-state index is 5.71. The maximum Gasteiger partial charge on any atom is 0.143 e. The second kappa shape index (κ2) is 3.72. The van der Waals surface area contributed by atoms with Gasteiger partial charge in [-0.15, -0.1) is 0 Å². The van der Waals surface area contributed by atoms with Crippen molar-refractivity contribution in [2.45, 2.75) is 25.4 Å². The van der Waals surface area contributed by atoms with E-state index in [9.17, 15) is 0 Å². The fraction of sp³-hybridized carbons (Fsp3) is 0.429. The van der Waals surface area contributed by atoms with E-state index in [2.05, 4.69) is 36.1 Å². The molecule has 1 heteroatoms. The number of hydrogen-bond donors (Lipinski definition) is 0. The summed E-state index contributed by atoms with van der Waals surface area (Å²) in [6.07, 6.45) is 3.61. The van der Waals surface area contributed by atoms with Gasteiger partial charge in [0.2, 0.25) is 0 Å². The normalized spacial score (nSPS) is 23.9. The summed E-state index contributed by atoms with van der Waals surface area (Å²) in [5.74, 6) is 7.21. The van der Waals surface area contributed by atoms with Crippen molar-refractivity contribution >= 4 is 0 Å². The SMILES string of the molecule is C(#CC1OCCc2ccccc21)C1CC1. The fourth-order valence-corrected chi connectivity index (χ4v) is 1.93. The van der Waals surface area contributed by atoms with Crippen molar-refractivity contribution < 1.29 is 4.74 Å². The fourth-order valence-electron chi connectivity index (χ4n) is 1.93. The van der Waals surface area contributed by atoms with Gasteiger partial charge in [0.1, 0.15) is 6.10 Å². The van der Waals surface area contributed by atoms with Crippen LogP contribution in [0.5, 0.6) is 0 Å². The lowest BCUT2D eigenvalue weighted by Gasteiger charge is -2.21. The van der Waals surface area contributed by atoms with Crippen molar-refractivity contribution in [2.24, 2.45) is 5.92 Å². The predicted molar refractivity (Wildman–Crippen MR) is 59.3 cm³/mol. The highest BCUT2D eigenvalue weighted by Gasteiger charge is 2.21. The average molecular weight is 198 g/mol. The van der Waals surface area contributed by atoms with Gasteiger partial charge in [-0.25, -0.2) is 0 Å². The molecule has 15 heavy (non-hydrogen) atoms. The van der Waals surface area contributed by atoms with Gasteiger partial charge in [0.05, 0.1) is 6.61 Å². The minimum atomic E-state index is 0.0237. The summed E-state index contributed by atoms with van der Waals surface area (Å²) < 4.78 is 5.71. The van der Waals surface area contributed by atoms with Crippen molar-refractivity contribution in [1.82, 2.24) is 0 Å². The summed E-state index contributed by atoms with van der Waals surface area (Å²) in [6.45, 7) is 0.807. The lowest BCUT2D eigenvalue weighted by Crippen LogP contribution is -2.14. The Hall–Kier alpha value is -1.26. The predicted octanol–water partition coefficient (Wildman–Crippen LogP) is 2.71. The van der Waals surface area contributed by atoms with Crippen LogP contribution in [0.4, 0.5) is 0 Å². The minimum absolute atomic E-state index is 0.0237. The van der Waals surface area contributed by atoms with Crippen LogP contribution < -0.4 is 0 Å². The van der Waals surface area contributed by atoms with E-state index in [1.807, 2.05) is 0 Å². The summed E-state index contributed by atoms with van der Waals surface area (Å²) in [5.41, 5.74) is 2.68. The van der Waals surface area contributed by atoms with Gasteiger partial charge in [-0.2, -0.15) is 0 Å². The van der Waals surface area contributed by atoms with E-state index in [1.54, 1.807) is 0 Å². The molecule has 0 bridgehead atoms. The zero-order chi connectivity index (χ0) is 10.1. The number of hydrogen-bond acceptors (Lipinski definition) is 1. The Morgan fingerprint density at radius 1 is 1.13 bits per heavy atom. The van der Waals surface area contributed by atoms with E-state index >= 15 is 0 Å². The molecule has 1 aliphatic carbocycles. The molecular formula is C14H14O. The Balaban J connectivity index is 1.89. The molecule has 3 rings (SSSR count). The van der Waals surface area contributed by atoms with Gasteiger partial charge >= 0.3 is 0 Å². The molecule has 0 radical (unpaired) electrons. The molecule has 1 nitrogen and oxygen atoms in total. The van der Waals surface area contributed by atoms with Gasteiger partial charge in [0.25, 0.3) is 0 Å². The Labute approximate surface area is 90.5 Å². The first-order chi connectivity index (χ1) is 7.43. The molecule has 0 spiro atoms. The third-order valence-electron chi connectivity index (χ3n) is 2.99. The summed E-state index contributed by atoms with van der Waals surface area (Å²) in [5, 5.41) is 0. The van der Waals surface area contributed by atoms with Crippen molar-refractivity contribution in [3.8, 4) is 11.8 Å². The Morgan fingerprint density at radius 3 is 2.87 bits per heavy atom. The molecular weight excluding hydrogens is 184 g/mol. The molecule has 1 fully saturated rings. The standard InChI is InChI=1S/C14H14O/c1-2-4-13-12(3-1)9-10-15-14(13)8-7-11-5-6-11/h1-4,11,14H,5-6,9-10H2. The third kappa shape index (κ3) is 1.91. The highest BCUT2D eigenvalue weighted by atomic mass is 16.5. The molecule has 1 saturated carbocycles. The number of ether oxygens (including phenoxy) is 1. The molecule has 1 aromatic rings. The number of benzene rings is 1. The Morgan fingerprint density at radius 2 is 2.00 bits per heavy atom. The molecule has 1 aromatic carbocycles. The summed E-state index contributed by atoms with van der Waals surface area (Å²) >= 11 is 0. The van der Waals surface area contributed by atoms with Crippen molar-refractivity contribution in [1.29, 1.82) is 0 Å². The van der Waals surface area contributed by atoms with Gasteiger partial charge < -0.3 is 4.74 Å². The molecule has 0 N–H and O–H groups in total. The average Bonchev–Trinajstić information content (AvgIpc) is 3.10. The lowest BCUT2D eigenvalue weighted by atomic mass is 9.98. The zero-order valence-corrected chi connectivity index (χ0v) is 8.70. The van der Waals surface area contributed by atoms with Crippen LogP contribution in [0.15, 0.2) is 24.3 Å². The molecule has 76 valence electrons. The van der Waals surface area contributed by atoms with E-state index < -0.39 is 0 Å². The monoisotopic (exact) mass is 198 g/mol. The largest absolute Gasteiger partial charge is 0.360 e. The minimum Gasteiger partial charge on any atom is -0.360 e. The van der Waals surface area contributed by atoms with E-state index in [-0.39, 0.29) is 6.10 Å². The van der Waals surface area contributed by atoms with Gasteiger partial charge in [-0.3, -0.25) is 0 Å². The topological polar surface area (TPSA) is 9.23 Å². The first-order valence-corrected chi connectivity index (χ1v) is 5.64. The van der Waals surface area contributed by atoms with Crippen LogP contribution in [0.25, 0.3) is 0 Å². The van der Waals surface area contributed by atoms with Crippen LogP contribution in [0.1, 0.15) is 30.1 Å². The molecule has 0 saturated heterocycles. The molecule has 0 amide bonds. The highest BCUT2D eigenvalue weighted by molar-refractivity contribution is 5.35. The molecule has 1 unspecified atom stereocenters. The van der Waals surface area contributed by atoms with Crippen LogP contribution in [-0.2, 0) is 11.2 Å². The summed E-state index contributed by atoms with van der Waals surface area (Å²) in [6, 6.07) is 8.49. The van der Waals surface area contributed by atoms with E-state index in [1.165, 1.54) is 24.0 Å². The van der Waals surface area contributed by atoms with Gasteiger partial charge in [-0.1, -0.05) is 36.1 Å². The first-order valence-electron chi connectivity index (χ1n) is 5.64. The Bertz CT molecular complexity index is 420. The van der Waals surface area contributed by atoms with Crippen LogP contribution in [-0.4, -0.2) is 6.61 Å². The Kier molecular flexibility index (Phi) is 2.23. The molecule has 2 aliphatic rings. The molecule has 1 aliphatic heterocycles. The first kappa shape index (κ1) is 9.00. The second-order valence-corrected chi connectivity index (χ2v) is 4.26. The van der Waals surface area contributed by atoms with Gasteiger partial charge in [0.15, 0.2) is 0 Å². The number of rotatable bonds is 0. The molecule has 1 atom stereocenters. The van der Waals surface area contributed by atoms with Crippen LogP contribution in [0, 0.1) is 17.8 Å². The van der Waals surface area contributed by atoms with E-state index in [0.717, 1.165) is 13.0 Å². The van der Waals surface area contributed by atoms with Gasteiger partial charge in [0, 0.05) is 5.92 Å². The third-order valence-corrected chi connectivity index (χ3v) is 2.99. The molecule has 1 heterocycles. The molecule has 0 aromatic heterocycles. The van der Waals surface area contributed by atoms with Crippen molar-refractivity contribution in [3.63, 3.8) is 0 Å². The lowest BCUT2D eigenvalue weighted by molar-refractivity contribution is 0.0813. The summed E-state index contributed by atoms with van der Waals surface area (Å²) in [4.78, 5) is 0.